The summed E-state index contributed by atoms with van der Waals surface area (Å²) in [5.74, 6) is -1.50. The lowest BCUT2D eigenvalue weighted by atomic mass is 10.2. The first-order valence-corrected chi connectivity index (χ1v) is 7.70. The van der Waals surface area contributed by atoms with Crippen LogP contribution >= 0.6 is 11.3 Å². The molecule has 8 heteroatoms. The molecule has 1 N–H and O–H groups in total. The molecule has 24 heavy (non-hydrogen) atoms. The Morgan fingerprint density at radius 2 is 2.12 bits per heavy atom. The number of hydrogen-bond acceptors (Lipinski definition) is 5. The van der Waals surface area contributed by atoms with E-state index in [4.69, 9.17) is 5.26 Å². The number of amides is 2. The fourth-order valence-corrected chi connectivity index (χ4v) is 2.75. The van der Waals surface area contributed by atoms with Crippen LogP contribution in [0.25, 0.3) is 6.08 Å². The number of para-hydroxylation sites is 1. The van der Waals surface area contributed by atoms with Crippen LogP contribution in [0.2, 0.25) is 0 Å². The van der Waals surface area contributed by atoms with Gasteiger partial charge in [0.15, 0.2) is 5.13 Å². The molecule has 0 unspecified atom stereocenters. The van der Waals surface area contributed by atoms with Gasteiger partial charge in [-0.1, -0.05) is 12.1 Å². The first kappa shape index (κ1) is 17.3. The Morgan fingerprint density at radius 3 is 2.71 bits per heavy atom. The van der Waals surface area contributed by atoms with E-state index in [0.29, 0.717) is 5.69 Å². The highest BCUT2D eigenvalue weighted by molar-refractivity contribution is 7.14. The predicted octanol–water partition coefficient (Wildman–Crippen LogP) is 2.62. The van der Waals surface area contributed by atoms with Gasteiger partial charge >= 0.3 is 0 Å². The first-order valence-electron chi connectivity index (χ1n) is 6.82. The number of hydrogen-bond donors (Lipinski definition) is 1. The summed E-state index contributed by atoms with van der Waals surface area (Å²) in [5.41, 5.74) is 0.300. The normalized spacial score (nSPS) is 10.8. The lowest BCUT2D eigenvalue weighted by molar-refractivity contribution is -0.117. The molecule has 0 spiro atoms. The minimum absolute atomic E-state index is 0.0849. The van der Waals surface area contributed by atoms with E-state index in [-0.39, 0.29) is 16.4 Å². The van der Waals surface area contributed by atoms with Gasteiger partial charge in [-0.3, -0.25) is 14.5 Å². The molecule has 1 aromatic heterocycles. The summed E-state index contributed by atoms with van der Waals surface area (Å²) >= 11 is 1.10. The minimum atomic E-state index is -0.553. The van der Waals surface area contributed by atoms with E-state index in [1.165, 1.54) is 38.2 Å². The van der Waals surface area contributed by atoms with Crippen molar-refractivity contribution in [2.24, 2.45) is 0 Å². The van der Waals surface area contributed by atoms with Crippen LogP contribution in [0.4, 0.5) is 15.2 Å². The van der Waals surface area contributed by atoms with Crippen molar-refractivity contribution in [3.63, 3.8) is 0 Å². The number of rotatable bonds is 4. The molecule has 0 aliphatic rings. The molecule has 0 bridgehead atoms. The van der Waals surface area contributed by atoms with Crippen molar-refractivity contribution >= 4 is 40.0 Å². The minimum Gasteiger partial charge on any atom is -0.354 e. The Balaban J connectivity index is 2.42. The monoisotopic (exact) mass is 344 g/mol. The van der Waals surface area contributed by atoms with Crippen LogP contribution in [0.5, 0.6) is 0 Å². The average Bonchev–Trinajstić information content (AvgIpc) is 3.01. The number of thiazole rings is 1. The molecule has 0 saturated heterocycles. The maximum Gasteiger partial charge on any atom is 0.261 e. The number of nitriles is 1. The van der Waals surface area contributed by atoms with E-state index in [1.54, 1.807) is 17.5 Å². The van der Waals surface area contributed by atoms with Crippen LogP contribution in [-0.4, -0.2) is 23.8 Å². The second kappa shape index (κ2) is 7.48. The summed E-state index contributed by atoms with van der Waals surface area (Å²) in [7, 11) is 1.41. The van der Waals surface area contributed by atoms with Crippen molar-refractivity contribution < 1.29 is 14.0 Å². The highest BCUT2D eigenvalue weighted by Gasteiger charge is 2.20. The zero-order valence-corrected chi connectivity index (χ0v) is 13.7. The van der Waals surface area contributed by atoms with Crippen LogP contribution in [0.3, 0.4) is 0 Å². The van der Waals surface area contributed by atoms with Gasteiger partial charge in [-0.15, -0.1) is 11.3 Å². The van der Waals surface area contributed by atoms with Gasteiger partial charge in [0.2, 0.25) is 5.91 Å². The van der Waals surface area contributed by atoms with Crippen LogP contribution in [0.15, 0.2) is 35.2 Å². The van der Waals surface area contributed by atoms with E-state index in [0.717, 1.165) is 16.2 Å². The second-order valence-corrected chi connectivity index (χ2v) is 5.45. The van der Waals surface area contributed by atoms with Crippen molar-refractivity contribution in [1.82, 2.24) is 10.3 Å². The van der Waals surface area contributed by atoms with Gasteiger partial charge in [0.1, 0.15) is 17.5 Å². The first-order chi connectivity index (χ1) is 11.5. The molecular weight excluding hydrogens is 331 g/mol. The van der Waals surface area contributed by atoms with Gasteiger partial charge in [-0.25, -0.2) is 9.37 Å². The van der Waals surface area contributed by atoms with Crippen LogP contribution < -0.4 is 10.2 Å². The Labute approximate surface area is 141 Å². The van der Waals surface area contributed by atoms with Crippen molar-refractivity contribution in [3.8, 4) is 6.07 Å². The zero-order chi connectivity index (χ0) is 17.7. The molecule has 2 amide bonds. The summed E-state index contributed by atoms with van der Waals surface area (Å²) in [6, 6.07) is 7.63. The topological polar surface area (TPSA) is 86.1 Å². The van der Waals surface area contributed by atoms with Crippen LogP contribution in [0.1, 0.15) is 12.6 Å². The molecule has 6 nitrogen and oxygen atoms in total. The zero-order valence-electron chi connectivity index (χ0n) is 12.9. The van der Waals surface area contributed by atoms with Gasteiger partial charge in [0, 0.05) is 19.4 Å². The maximum absolute atomic E-state index is 14.0. The van der Waals surface area contributed by atoms with Gasteiger partial charge < -0.3 is 5.32 Å². The van der Waals surface area contributed by atoms with E-state index >= 15 is 0 Å². The number of nitrogens with one attached hydrogen (secondary N) is 1. The molecule has 0 radical (unpaired) electrons. The lowest BCUT2D eigenvalue weighted by Gasteiger charge is -2.18. The van der Waals surface area contributed by atoms with Crippen LogP contribution in [-0.2, 0) is 9.59 Å². The van der Waals surface area contributed by atoms with Crippen molar-refractivity contribution in [1.29, 1.82) is 5.26 Å². The van der Waals surface area contributed by atoms with Gasteiger partial charge in [0.05, 0.1) is 11.4 Å². The molecule has 122 valence electrons. The summed E-state index contributed by atoms with van der Waals surface area (Å²) in [4.78, 5) is 28.8. The number of halogens is 1. The number of anilines is 2. The third kappa shape index (κ3) is 3.64. The SMILES string of the molecule is CNC(=O)/C(C#N)=C/c1csc(N(C(C)=O)c2ccccc2F)n1. The Kier molecular flexibility index (Phi) is 5.39. The van der Waals surface area contributed by atoms with Gasteiger partial charge in [-0.2, -0.15) is 5.26 Å². The number of aromatic nitrogens is 1. The van der Waals surface area contributed by atoms with Crippen LogP contribution in [0, 0.1) is 17.1 Å². The van der Waals surface area contributed by atoms with E-state index < -0.39 is 17.6 Å². The molecule has 2 rings (SSSR count). The standard InChI is InChI=1S/C16H13FN4O2S/c1-10(22)21(14-6-4-3-5-13(14)17)16-20-12(9-24-16)7-11(8-18)15(23)19-2/h3-7,9H,1-2H3,(H,19,23)/b11-7+. The summed E-state index contributed by atoms with van der Waals surface area (Å²) in [5, 5.41) is 13.2. The highest BCUT2D eigenvalue weighted by Crippen LogP contribution is 2.31. The molecule has 1 aromatic carbocycles. The fraction of sp³-hybridized carbons (Fsp3) is 0.125. The average molecular weight is 344 g/mol. The number of carbonyl (C=O) groups excluding carboxylic acids is 2. The maximum atomic E-state index is 14.0. The van der Waals surface area contributed by atoms with Gasteiger partial charge in [0.25, 0.3) is 5.91 Å². The third-order valence-electron chi connectivity index (χ3n) is 2.99. The summed E-state index contributed by atoms with van der Waals surface area (Å²) in [6.45, 7) is 1.30. The molecule has 0 atom stereocenters. The van der Waals surface area contributed by atoms with E-state index in [2.05, 4.69) is 10.3 Å². The molecule has 1 heterocycles. The summed E-state index contributed by atoms with van der Waals surface area (Å²) < 4.78 is 14.0. The Hall–Kier alpha value is -3.05. The fourth-order valence-electron chi connectivity index (χ4n) is 1.92. The predicted molar refractivity (Wildman–Crippen MR) is 89.0 cm³/mol. The smallest absolute Gasteiger partial charge is 0.261 e. The third-order valence-corrected chi connectivity index (χ3v) is 3.84. The van der Waals surface area contributed by atoms with Crippen molar-refractivity contribution in [2.45, 2.75) is 6.92 Å². The van der Waals surface area contributed by atoms with Gasteiger partial charge in [-0.05, 0) is 18.2 Å². The van der Waals surface area contributed by atoms with E-state index in [1.807, 2.05) is 0 Å². The number of nitrogens with zero attached hydrogens (tertiary/aromatic N) is 3. The second-order valence-electron chi connectivity index (χ2n) is 4.61. The molecule has 0 saturated carbocycles. The molecule has 0 fully saturated rings. The molecular formula is C16H13FN4O2S. The van der Waals surface area contributed by atoms with Crippen molar-refractivity contribution in [2.75, 3.05) is 11.9 Å². The lowest BCUT2D eigenvalue weighted by Crippen LogP contribution is -2.23. The number of likely N-dealkylation sites (N-methyl/N-ethyl adjacent to an activating group) is 1. The molecule has 0 aliphatic carbocycles. The van der Waals surface area contributed by atoms with E-state index in [9.17, 15) is 14.0 Å². The highest BCUT2D eigenvalue weighted by atomic mass is 32.1. The Bertz CT molecular complexity index is 854. The van der Waals surface area contributed by atoms with Crippen molar-refractivity contribution in [3.05, 3.63) is 46.7 Å². The molecule has 2 aromatic rings. The molecule has 0 aliphatic heterocycles. The quantitative estimate of drug-likeness (QED) is 0.682. The summed E-state index contributed by atoms with van der Waals surface area (Å²) in [6.07, 6.45) is 1.30. The number of carbonyl (C=O) groups is 2. The number of benzene rings is 1. The Morgan fingerprint density at radius 1 is 1.42 bits per heavy atom. The largest absolute Gasteiger partial charge is 0.354 e.